The molecule has 0 fully saturated rings. The van der Waals surface area contributed by atoms with Crippen LogP contribution in [0, 0.1) is 11.3 Å². The monoisotopic (exact) mass is 344 g/mol. The Labute approximate surface area is 145 Å². The number of amides is 1. The van der Waals surface area contributed by atoms with Gasteiger partial charge in [0.1, 0.15) is 11.5 Å². The van der Waals surface area contributed by atoms with E-state index in [0.717, 1.165) is 5.75 Å². The lowest BCUT2D eigenvalue weighted by Crippen LogP contribution is -2.30. The van der Waals surface area contributed by atoms with E-state index in [1.807, 2.05) is 13.0 Å². The van der Waals surface area contributed by atoms with Gasteiger partial charge in [0.05, 0.1) is 23.3 Å². The average Bonchev–Trinajstić information content (AvgIpc) is 2.58. The number of nitriles is 1. The van der Waals surface area contributed by atoms with E-state index in [4.69, 9.17) is 26.3 Å². The molecule has 0 aliphatic rings. The molecule has 0 unspecified atom stereocenters. The number of ether oxygens (including phenoxy) is 2. The quantitative estimate of drug-likeness (QED) is 0.859. The Balaban J connectivity index is 1.98. The second kappa shape index (κ2) is 8.23. The van der Waals surface area contributed by atoms with E-state index < -0.39 is 6.10 Å². The Morgan fingerprint density at radius 3 is 2.58 bits per heavy atom. The first-order valence-electron chi connectivity index (χ1n) is 7.43. The van der Waals surface area contributed by atoms with Crippen LogP contribution in [0.2, 0.25) is 5.02 Å². The summed E-state index contributed by atoms with van der Waals surface area (Å²) in [6.07, 6.45) is -0.748. The van der Waals surface area contributed by atoms with E-state index in [1.165, 1.54) is 6.07 Å². The number of anilines is 1. The van der Waals surface area contributed by atoms with E-state index in [-0.39, 0.29) is 10.9 Å². The molecular weight excluding hydrogens is 328 g/mol. The van der Waals surface area contributed by atoms with Gasteiger partial charge in [0.2, 0.25) is 0 Å². The van der Waals surface area contributed by atoms with Gasteiger partial charge in [0, 0.05) is 5.69 Å². The molecular formula is C18H17ClN2O3. The third-order valence-corrected chi connectivity index (χ3v) is 3.46. The molecule has 2 aromatic rings. The SMILES string of the molecule is CCOc1ccc(NC(=O)[C@H](C)Oc2ccc(C#N)cc2Cl)cc1. The van der Waals surface area contributed by atoms with Crippen molar-refractivity contribution in [1.29, 1.82) is 5.26 Å². The van der Waals surface area contributed by atoms with Gasteiger partial charge in [-0.3, -0.25) is 4.79 Å². The molecule has 1 amide bonds. The summed E-state index contributed by atoms with van der Waals surface area (Å²) in [6.45, 7) is 4.11. The molecule has 2 rings (SSSR count). The molecule has 124 valence electrons. The fourth-order valence-corrected chi connectivity index (χ4v) is 2.18. The first-order chi connectivity index (χ1) is 11.5. The lowest BCUT2D eigenvalue weighted by molar-refractivity contribution is -0.122. The molecule has 0 bridgehead atoms. The summed E-state index contributed by atoms with van der Waals surface area (Å²) in [7, 11) is 0. The number of halogens is 1. The maximum Gasteiger partial charge on any atom is 0.265 e. The van der Waals surface area contributed by atoms with Crippen molar-refractivity contribution in [3.05, 3.63) is 53.1 Å². The molecule has 1 N–H and O–H groups in total. The zero-order valence-corrected chi connectivity index (χ0v) is 14.1. The van der Waals surface area contributed by atoms with Crippen LogP contribution in [0.3, 0.4) is 0 Å². The zero-order valence-electron chi connectivity index (χ0n) is 13.4. The highest BCUT2D eigenvalue weighted by molar-refractivity contribution is 6.32. The molecule has 0 saturated heterocycles. The molecule has 2 aromatic carbocycles. The van der Waals surface area contributed by atoms with E-state index in [2.05, 4.69) is 5.32 Å². The molecule has 0 aliphatic carbocycles. The first-order valence-corrected chi connectivity index (χ1v) is 7.81. The van der Waals surface area contributed by atoms with Crippen molar-refractivity contribution < 1.29 is 14.3 Å². The molecule has 0 spiro atoms. The second-order valence-electron chi connectivity index (χ2n) is 4.96. The number of benzene rings is 2. The normalized spacial score (nSPS) is 11.2. The van der Waals surface area contributed by atoms with E-state index in [9.17, 15) is 4.79 Å². The number of carbonyl (C=O) groups is 1. The third kappa shape index (κ3) is 4.64. The standard InChI is InChI=1S/C18H17ClN2O3/c1-3-23-15-7-5-14(6-8-15)21-18(22)12(2)24-17-9-4-13(11-20)10-16(17)19/h4-10,12H,3H2,1-2H3,(H,21,22)/t12-/m0/s1. The summed E-state index contributed by atoms with van der Waals surface area (Å²) in [5.74, 6) is 0.786. The van der Waals surface area contributed by atoms with Gasteiger partial charge in [-0.15, -0.1) is 0 Å². The van der Waals surface area contributed by atoms with Crippen molar-refractivity contribution in [3.8, 4) is 17.6 Å². The minimum absolute atomic E-state index is 0.287. The van der Waals surface area contributed by atoms with Crippen molar-refractivity contribution in [2.75, 3.05) is 11.9 Å². The summed E-state index contributed by atoms with van der Waals surface area (Å²) >= 11 is 6.04. The molecule has 0 radical (unpaired) electrons. The van der Waals surface area contributed by atoms with Gasteiger partial charge in [-0.1, -0.05) is 11.6 Å². The predicted molar refractivity (Wildman–Crippen MR) is 92.5 cm³/mol. The molecule has 0 heterocycles. The van der Waals surface area contributed by atoms with Crippen LogP contribution in [0.5, 0.6) is 11.5 Å². The summed E-state index contributed by atoms with van der Waals surface area (Å²) in [6, 6.07) is 13.7. The van der Waals surface area contributed by atoms with Gasteiger partial charge in [0.25, 0.3) is 5.91 Å². The van der Waals surface area contributed by atoms with Crippen molar-refractivity contribution in [3.63, 3.8) is 0 Å². The van der Waals surface area contributed by atoms with Gasteiger partial charge >= 0.3 is 0 Å². The molecule has 1 atom stereocenters. The van der Waals surface area contributed by atoms with Gasteiger partial charge in [-0.2, -0.15) is 5.26 Å². The lowest BCUT2D eigenvalue weighted by Gasteiger charge is -2.16. The van der Waals surface area contributed by atoms with Crippen LogP contribution in [0.1, 0.15) is 19.4 Å². The van der Waals surface area contributed by atoms with Crippen LogP contribution in [-0.2, 0) is 4.79 Å². The highest BCUT2D eigenvalue weighted by atomic mass is 35.5. The minimum atomic E-state index is -0.748. The highest BCUT2D eigenvalue weighted by Crippen LogP contribution is 2.26. The Hall–Kier alpha value is -2.71. The minimum Gasteiger partial charge on any atom is -0.494 e. The van der Waals surface area contributed by atoms with Gasteiger partial charge in [-0.25, -0.2) is 0 Å². The summed E-state index contributed by atoms with van der Waals surface area (Å²) in [4.78, 5) is 12.2. The molecule has 0 aromatic heterocycles. The molecule has 6 heteroatoms. The van der Waals surface area contributed by atoms with Crippen LogP contribution < -0.4 is 14.8 Å². The maximum absolute atomic E-state index is 12.2. The Bertz CT molecular complexity index is 754. The predicted octanol–water partition coefficient (Wildman–Crippen LogP) is 4.02. The van der Waals surface area contributed by atoms with Crippen molar-refractivity contribution in [2.24, 2.45) is 0 Å². The third-order valence-electron chi connectivity index (χ3n) is 3.17. The topological polar surface area (TPSA) is 71.3 Å². The number of carbonyl (C=O) groups excluding carboxylic acids is 1. The van der Waals surface area contributed by atoms with Crippen LogP contribution in [0.4, 0.5) is 5.69 Å². The summed E-state index contributed by atoms with van der Waals surface area (Å²) < 4.78 is 10.9. The van der Waals surface area contributed by atoms with Crippen LogP contribution >= 0.6 is 11.6 Å². The Kier molecular flexibility index (Phi) is 6.05. The number of hydrogen-bond donors (Lipinski definition) is 1. The first kappa shape index (κ1) is 17.6. The van der Waals surface area contributed by atoms with Crippen LogP contribution in [-0.4, -0.2) is 18.6 Å². The van der Waals surface area contributed by atoms with E-state index in [0.29, 0.717) is 23.6 Å². The number of nitrogens with zero attached hydrogens (tertiary/aromatic N) is 1. The van der Waals surface area contributed by atoms with E-state index >= 15 is 0 Å². The van der Waals surface area contributed by atoms with Crippen LogP contribution in [0.25, 0.3) is 0 Å². The van der Waals surface area contributed by atoms with E-state index in [1.54, 1.807) is 43.3 Å². The largest absolute Gasteiger partial charge is 0.494 e. The molecule has 24 heavy (non-hydrogen) atoms. The fraction of sp³-hybridized carbons (Fsp3) is 0.222. The van der Waals surface area contributed by atoms with Crippen molar-refractivity contribution in [1.82, 2.24) is 0 Å². The summed E-state index contributed by atoms with van der Waals surface area (Å²) in [5, 5.41) is 11.9. The Morgan fingerprint density at radius 2 is 2.00 bits per heavy atom. The highest BCUT2D eigenvalue weighted by Gasteiger charge is 2.16. The summed E-state index contributed by atoms with van der Waals surface area (Å²) in [5.41, 5.74) is 1.07. The maximum atomic E-state index is 12.2. The lowest BCUT2D eigenvalue weighted by atomic mass is 10.2. The number of rotatable bonds is 6. The van der Waals surface area contributed by atoms with Gasteiger partial charge in [0.15, 0.2) is 6.10 Å². The van der Waals surface area contributed by atoms with Gasteiger partial charge in [-0.05, 0) is 56.3 Å². The van der Waals surface area contributed by atoms with Crippen molar-refractivity contribution in [2.45, 2.75) is 20.0 Å². The smallest absolute Gasteiger partial charge is 0.265 e. The zero-order chi connectivity index (χ0) is 17.5. The number of nitrogens with one attached hydrogen (secondary N) is 1. The Morgan fingerprint density at radius 1 is 1.29 bits per heavy atom. The fourth-order valence-electron chi connectivity index (χ4n) is 1.95. The molecule has 5 nitrogen and oxygen atoms in total. The molecule has 0 saturated carbocycles. The molecule has 0 aliphatic heterocycles. The second-order valence-corrected chi connectivity index (χ2v) is 5.37. The number of hydrogen-bond acceptors (Lipinski definition) is 4. The van der Waals surface area contributed by atoms with Crippen LogP contribution in [0.15, 0.2) is 42.5 Å². The van der Waals surface area contributed by atoms with Gasteiger partial charge < -0.3 is 14.8 Å². The van der Waals surface area contributed by atoms with Crippen molar-refractivity contribution >= 4 is 23.2 Å². The average molecular weight is 345 g/mol.